The number of ether oxygens (including phenoxy) is 1. The average molecular weight is 174 g/mol. The molecule has 6 heteroatoms. The van der Waals surface area contributed by atoms with Gasteiger partial charge in [-0.25, -0.2) is 9.97 Å². The van der Waals surface area contributed by atoms with Crippen LogP contribution in [0.15, 0.2) is 12.4 Å². The molecule has 0 aliphatic rings. The number of carbonyl (C=O) groups excluding carboxylic acids is 1. The summed E-state index contributed by atoms with van der Waals surface area (Å²) in [6, 6.07) is -0.449. The van der Waals surface area contributed by atoms with Gasteiger partial charge in [-0.1, -0.05) is 0 Å². The molecule has 0 saturated heterocycles. The van der Waals surface area contributed by atoms with Crippen molar-refractivity contribution in [2.45, 2.75) is 6.61 Å². The molecule has 1 heterocycles. The van der Waals surface area contributed by atoms with Crippen LogP contribution in [0.1, 0.15) is 10.4 Å². The van der Waals surface area contributed by atoms with E-state index in [2.05, 4.69) is 14.7 Å². The van der Waals surface area contributed by atoms with E-state index in [0.29, 0.717) is 6.29 Å². The molecular formula is C6H4F2N2O2. The molecule has 1 aromatic rings. The predicted octanol–water partition coefficient (Wildman–Crippen LogP) is 0.890. The minimum Gasteiger partial charge on any atom is -0.401 e. The van der Waals surface area contributed by atoms with Gasteiger partial charge in [0.25, 0.3) is 0 Å². The lowest BCUT2D eigenvalue weighted by Gasteiger charge is -1.99. The average Bonchev–Trinajstić information content (AvgIpc) is 2.05. The van der Waals surface area contributed by atoms with Gasteiger partial charge >= 0.3 is 12.6 Å². The van der Waals surface area contributed by atoms with Gasteiger partial charge < -0.3 is 4.74 Å². The first-order valence-corrected chi connectivity index (χ1v) is 2.94. The summed E-state index contributed by atoms with van der Waals surface area (Å²) in [5.74, 6) is 0. The standard InChI is InChI=1S/C6H4F2N2O2/c7-5(8)12-6-9-1-4(3-11)2-10-6/h1-3,5H. The van der Waals surface area contributed by atoms with E-state index in [4.69, 9.17) is 0 Å². The molecule has 64 valence electrons. The highest BCUT2D eigenvalue weighted by Gasteiger charge is 2.05. The molecule has 0 aromatic carbocycles. The first-order chi connectivity index (χ1) is 5.72. The van der Waals surface area contributed by atoms with Crippen LogP contribution in [0.25, 0.3) is 0 Å². The minimum absolute atomic E-state index is 0.205. The van der Waals surface area contributed by atoms with Gasteiger partial charge in [-0.15, -0.1) is 0 Å². The number of hydrogen-bond donors (Lipinski definition) is 0. The molecule has 0 aliphatic carbocycles. The van der Waals surface area contributed by atoms with Gasteiger partial charge in [-0.05, 0) is 0 Å². The normalized spacial score (nSPS) is 9.92. The van der Waals surface area contributed by atoms with Crippen LogP contribution in [0.3, 0.4) is 0 Å². The topological polar surface area (TPSA) is 52.1 Å². The fourth-order valence-electron chi connectivity index (χ4n) is 0.528. The second kappa shape index (κ2) is 3.70. The van der Waals surface area contributed by atoms with Crippen molar-refractivity contribution in [2.75, 3.05) is 0 Å². The summed E-state index contributed by atoms with van der Waals surface area (Å²) >= 11 is 0. The van der Waals surface area contributed by atoms with Crippen LogP contribution < -0.4 is 4.74 Å². The molecule has 1 aromatic heterocycles. The zero-order chi connectivity index (χ0) is 8.97. The van der Waals surface area contributed by atoms with Crippen LogP contribution in [-0.2, 0) is 0 Å². The summed E-state index contributed by atoms with van der Waals surface area (Å²) in [4.78, 5) is 16.8. The van der Waals surface area contributed by atoms with E-state index in [1.807, 2.05) is 0 Å². The Bertz CT molecular complexity index is 263. The van der Waals surface area contributed by atoms with Crippen LogP contribution in [0.4, 0.5) is 8.78 Å². The maximum Gasteiger partial charge on any atom is 0.389 e. The zero-order valence-electron chi connectivity index (χ0n) is 5.78. The number of hydrogen-bond acceptors (Lipinski definition) is 4. The molecule has 0 N–H and O–H groups in total. The maximum atomic E-state index is 11.5. The van der Waals surface area contributed by atoms with E-state index >= 15 is 0 Å². The van der Waals surface area contributed by atoms with Crippen molar-refractivity contribution in [1.29, 1.82) is 0 Å². The minimum atomic E-state index is -2.95. The number of aromatic nitrogens is 2. The molecular weight excluding hydrogens is 170 g/mol. The van der Waals surface area contributed by atoms with Crippen LogP contribution in [-0.4, -0.2) is 22.9 Å². The fraction of sp³-hybridized carbons (Fsp3) is 0.167. The third kappa shape index (κ3) is 2.22. The van der Waals surface area contributed by atoms with Crippen molar-refractivity contribution in [3.8, 4) is 6.01 Å². The molecule has 1 rings (SSSR count). The third-order valence-electron chi connectivity index (χ3n) is 0.979. The molecule has 0 spiro atoms. The maximum absolute atomic E-state index is 11.5. The quantitative estimate of drug-likeness (QED) is 0.638. The highest BCUT2D eigenvalue weighted by Crippen LogP contribution is 2.04. The lowest BCUT2D eigenvalue weighted by molar-refractivity contribution is -0.0560. The van der Waals surface area contributed by atoms with Gasteiger partial charge in [0, 0.05) is 12.4 Å². The van der Waals surface area contributed by atoms with Crippen molar-refractivity contribution in [3.63, 3.8) is 0 Å². The molecule has 0 aliphatic heterocycles. The van der Waals surface area contributed by atoms with Crippen LogP contribution in [0.5, 0.6) is 6.01 Å². The van der Waals surface area contributed by atoms with Gasteiger partial charge in [0.05, 0.1) is 5.56 Å². The number of aldehydes is 1. The second-order valence-electron chi connectivity index (χ2n) is 1.80. The molecule has 0 atom stereocenters. The van der Waals surface area contributed by atoms with Crippen LogP contribution >= 0.6 is 0 Å². The highest BCUT2D eigenvalue weighted by atomic mass is 19.3. The highest BCUT2D eigenvalue weighted by molar-refractivity contribution is 5.73. The SMILES string of the molecule is O=Cc1cnc(OC(F)F)nc1. The molecule has 0 radical (unpaired) electrons. The van der Waals surface area contributed by atoms with E-state index < -0.39 is 12.6 Å². The second-order valence-corrected chi connectivity index (χ2v) is 1.80. The van der Waals surface area contributed by atoms with E-state index in [1.165, 1.54) is 0 Å². The number of carbonyl (C=O) groups is 1. The Balaban J connectivity index is 2.71. The molecule has 12 heavy (non-hydrogen) atoms. The van der Waals surface area contributed by atoms with Crippen molar-refractivity contribution in [1.82, 2.24) is 9.97 Å². The Labute approximate surface area is 66.2 Å². The van der Waals surface area contributed by atoms with E-state index in [1.54, 1.807) is 0 Å². The molecule has 0 bridgehead atoms. The molecule has 0 amide bonds. The Kier molecular flexibility index (Phi) is 2.62. The van der Waals surface area contributed by atoms with Crippen molar-refractivity contribution in [3.05, 3.63) is 18.0 Å². The fourth-order valence-corrected chi connectivity index (χ4v) is 0.528. The Morgan fingerprint density at radius 1 is 1.42 bits per heavy atom. The largest absolute Gasteiger partial charge is 0.401 e. The summed E-state index contributed by atoms with van der Waals surface area (Å²) < 4.78 is 26.9. The monoisotopic (exact) mass is 174 g/mol. The van der Waals surface area contributed by atoms with Gasteiger partial charge in [0.15, 0.2) is 6.29 Å². The van der Waals surface area contributed by atoms with Gasteiger partial charge in [0.1, 0.15) is 0 Å². The van der Waals surface area contributed by atoms with Gasteiger partial charge in [0.2, 0.25) is 0 Å². The number of nitrogens with zero attached hydrogens (tertiary/aromatic N) is 2. The van der Waals surface area contributed by atoms with Crippen molar-refractivity contribution < 1.29 is 18.3 Å². The zero-order valence-corrected chi connectivity index (χ0v) is 5.78. The van der Waals surface area contributed by atoms with E-state index in [-0.39, 0.29) is 5.56 Å². The van der Waals surface area contributed by atoms with Gasteiger partial charge in [-0.3, -0.25) is 4.79 Å². The van der Waals surface area contributed by atoms with E-state index in [9.17, 15) is 13.6 Å². The summed E-state index contributed by atoms with van der Waals surface area (Å²) in [5.41, 5.74) is 0.205. The number of rotatable bonds is 3. The lowest BCUT2D eigenvalue weighted by atomic mass is 10.4. The van der Waals surface area contributed by atoms with Crippen molar-refractivity contribution >= 4 is 6.29 Å². The smallest absolute Gasteiger partial charge is 0.389 e. The Hall–Kier alpha value is -1.59. The summed E-state index contributed by atoms with van der Waals surface area (Å²) in [5, 5.41) is 0. The van der Waals surface area contributed by atoms with Crippen LogP contribution in [0, 0.1) is 0 Å². The Morgan fingerprint density at radius 2 is 2.00 bits per heavy atom. The number of alkyl halides is 2. The van der Waals surface area contributed by atoms with Crippen LogP contribution in [0.2, 0.25) is 0 Å². The number of halogens is 2. The summed E-state index contributed by atoms with van der Waals surface area (Å²) in [7, 11) is 0. The summed E-state index contributed by atoms with van der Waals surface area (Å²) in [6.07, 6.45) is 2.70. The molecule has 0 fully saturated rings. The summed E-state index contributed by atoms with van der Waals surface area (Å²) in [6.45, 7) is -2.95. The first-order valence-electron chi connectivity index (χ1n) is 2.94. The Morgan fingerprint density at radius 3 is 2.42 bits per heavy atom. The third-order valence-corrected chi connectivity index (χ3v) is 0.979. The van der Waals surface area contributed by atoms with Crippen molar-refractivity contribution in [2.24, 2.45) is 0 Å². The molecule has 0 saturated carbocycles. The molecule has 0 unspecified atom stereocenters. The van der Waals surface area contributed by atoms with E-state index in [0.717, 1.165) is 12.4 Å². The molecule has 4 nitrogen and oxygen atoms in total. The predicted molar refractivity (Wildman–Crippen MR) is 34.1 cm³/mol. The first kappa shape index (κ1) is 8.51. The van der Waals surface area contributed by atoms with Gasteiger partial charge in [-0.2, -0.15) is 8.78 Å². The lowest BCUT2D eigenvalue weighted by Crippen LogP contribution is -2.05.